The van der Waals surface area contributed by atoms with Crippen LogP contribution < -0.4 is 5.32 Å². The minimum Gasteiger partial charge on any atom is -0.339 e. The highest BCUT2D eigenvalue weighted by Crippen LogP contribution is 2.27. The number of thiazole rings is 1. The van der Waals surface area contributed by atoms with E-state index in [-0.39, 0.29) is 36.6 Å². The minimum atomic E-state index is 0. The summed E-state index contributed by atoms with van der Waals surface area (Å²) in [5.41, 5.74) is 1.27. The van der Waals surface area contributed by atoms with Gasteiger partial charge in [0, 0.05) is 24.4 Å². The topological polar surface area (TPSA) is 45.2 Å². The molecule has 0 radical (unpaired) electrons. The molecule has 7 heteroatoms. The molecule has 0 aliphatic heterocycles. The molecule has 0 aromatic carbocycles. The van der Waals surface area contributed by atoms with Gasteiger partial charge in [-0.2, -0.15) is 0 Å². The second-order valence-electron chi connectivity index (χ2n) is 5.34. The monoisotopic (exact) mass is 353 g/mol. The number of carbonyl (C=O) groups is 1. The molecule has 1 aliphatic carbocycles. The van der Waals surface area contributed by atoms with Crippen LogP contribution in [0.2, 0.25) is 0 Å². The van der Waals surface area contributed by atoms with Gasteiger partial charge >= 0.3 is 0 Å². The second-order valence-corrected chi connectivity index (χ2v) is 6.51. The number of rotatable bonds is 5. The van der Waals surface area contributed by atoms with Crippen molar-refractivity contribution >= 4 is 42.1 Å². The van der Waals surface area contributed by atoms with Crippen LogP contribution in [0.15, 0.2) is 0 Å². The zero-order valence-electron chi connectivity index (χ0n) is 12.8. The first kappa shape index (κ1) is 20.6. The van der Waals surface area contributed by atoms with Crippen molar-refractivity contribution in [2.45, 2.75) is 39.2 Å². The average molecular weight is 354 g/mol. The second kappa shape index (κ2) is 9.62. The minimum absolute atomic E-state index is 0. The molecule has 122 valence electrons. The molecule has 2 rings (SSSR count). The molecule has 1 amide bonds. The fraction of sp³-hybridized carbons (Fsp3) is 0.714. The highest BCUT2D eigenvalue weighted by Gasteiger charge is 2.20. The van der Waals surface area contributed by atoms with E-state index in [9.17, 15) is 4.79 Å². The number of nitrogens with one attached hydrogen (secondary N) is 1. The summed E-state index contributed by atoms with van der Waals surface area (Å²) in [6, 6.07) is 0. The van der Waals surface area contributed by atoms with Gasteiger partial charge in [-0.05, 0) is 32.7 Å². The quantitative estimate of drug-likeness (QED) is 0.884. The van der Waals surface area contributed by atoms with Crippen LogP contribution in [0, 0.1) is 5.92 Å². The van der Waals surface area contributed by atoms with Gasteiger partial charge in [-0.1, -0.05) is 6.92 Å². The summed E-state index contributed by atoms with van der Waals surface area (Å²) in [5, 5.41) is 4.13. The van der Waals surface area contributed by atoms with Gasteiger partial charge in [0.2, 0.25) is 5.91 Å². The van der Waals surface area contributed by atoms with Crippen molar-refractivity contribution in [1.82, 2.24) is 15.2 Å². The van der Waals surface area contributed by atoms with Gasteiger partial charge in [0.05, 0.1) is 12.2 Å². The van der Waals surface area contributed by atoms with Crippen LogP contribution in [0.25, 0.3) is 0 Å². The Labute approximate surface area is 143 Å². The van der Waals surface area contributed by atoms with E-state index in [1.807, 2.05) is 21.0 Å². The lowest BCUT2D eigenvalue weighted by Crippen LogP contribution is -2.35. The molecule has 1 unspecified atom stereocenters. The first-order valence-electron chi connectivity index (χ1n) is 6.99. The predicted molar refractivity (Wildman–Crippen MR) is 92.8 cm³/mol. The lowest BCUT2D eigenvalue weighted by atomic mass is 10.0. The number of fused-ring (bicyclic) bond motifs is 1. The number of nitrogens with zero attached hydrogens (tertiary/aromatic N) is 2. The summed E-state index contributed by atoms with van der Waals surface area (Å²) in [7, 11) is 3.74. The van der Waals surface area contributed by atoms with Gasteiger partial charge in [-0.25, -0.2) is 4.98 Å². The Kier molecular flexibility index (Phi) is 9.45. The third-order valence-electron chi connectivity index (χ3n) is 3.57. The highest BCUT2D eigenvalue weighted by molar-refractivity contribution is 7.11. The van der Waals surface area contributed by atoms with E-state index in [4.69, 9.17) is 0 Å². The lowest BCUT2D eigenvalue weighted by Gasteiger charge is -2.20. The Morgan fingerprint density at radius 2 is 2.05 bits per heavy atom. The number of halogens is 2. The molecule has 1 aromatic rings. The predicted octanol–water partition coefficient (Wildman–Crippen LogP) is 2.68. The number of aromatic nitrogens is 1. The number of hydrogen-bond acceptors (Lipinski definition) is 4. The normalized spacial score (nSPS) is 14.4. The Morgan fingerprint density at radius 1 is 1.38 bits per heavy atom. The molecule has 0 fully saturated rings. The average Bonchev–Trinajstić information content (AvgIpc) is 2.80. The van der Waals surface area contributed by atoms with E-state index in [0.717, 1.165) is 18.0 Å². The molecular formula is C14H25Cl2N3OS. The third kappa shape index (κ3) is 5.40. The van der Waals surface area contributed by atoms with Crippen molar-refractivity contribution in [3.63, 3.8) is 0 Å². The van der Waals surface area contributed by atoms with Gasteiger partial charge in [0.15, 0.2) is 0 Å². The SMILES string of the molecule is CNCC(C)C(=O)N(C)Cc1nc2c(s1)CCCC2.Cl.Cl. The van der Waals surface area contributed by atoms with E-state index in [1.165, 1.54) is 29.8 Å². The van der Waals surface area contributed by atoms with E-state index in [2.05, 4.69) is 10.3 Å². The van der Waals surface area contributed by atoms with Gasteiger partial charge in [0.1, 0.15) is 5.01 Å². The van der Waals surface area contributed by atoms with Crippen LogP contribution in [0.3, 0.4) is 0 Å². The maximum absolute atomic E-state index is 12.1. The fourth-order valence-electron chi connectivity index (χ4n) is 2.52. The summed E-state index contributed by atoms with van der Waals surface area (Å²) in [5.74, 6) is 0.201. The van der Waals surface area contributed by atoms with Crippen LogP contribution in [0.1, 0.15) is 35.3 Å². The first-order chi connectivity index (χ1) is 9.11. The maximum atomic E-state index is 12.1. The molecule has 1 N–H and O–H groups in total. The third-order valence-corrected chi connectivity index (χ3v) is 4.71. The molecule has 4 nitrogen and oxygen atoms in total. The summed E-state index contributed by atoms with van der Waals surface area (Å²) >= 11 is 1.79. The number of amides is 1. The molecule has 0 saturated carbocycles. The van der Waals surface area contributed by atoms with Crippen LogP contribution in [-0.4, -0.2) is 36.4 Å². The zero-order chi connectivity index (χ0) is 13.8. The summed E-state index contributed by atoms with van der Waals surface area (Å²) in [4.78, 5) is 20.1. The molecule has 0 spiro atoms. The molecule has 0 saturated heterocycles. The Morgan fingerprint density at radius 3 is 2.67 bits per heavy atom. The summed E-state index contributed by atoms with van der Waals surface area (Å²) in [6.45, 7) is 3.32. The fourth-order valence-corrected chi connectivity index (χ4v) is 3.73. The van der Waals surface area contributed by atoms with E-state index in [0.29, 0.717) is 6.54 Å². The lowest BCUT2D eigenvalue weighted by molar-refractivity contribution is -0.134. The van der Waals surface area contributed by atoms with E-state index >= 15 is 0 Å². The van der Waals surface area contributed by atoms with Gasteiger partial charge in [-0.3, -0.25) is 4.79 Å². The first-order valence-corrected chi connectivity index (χ1v) is 7.80. The molecule has 1 atom stereocenters. The van der Waals surface area contributed by atoms with Crippen molar-refractivity contribution in [2.75, 3.05) is 20.6 Å². The van der Waals surface area contributed by atoms with Crippen LogP contribution >= 0.6 is 36.2 Å². The van der Waals surface area contributed by atoms with E-state index in [1.54, 1.807) is 16.2 Å². The highest BCUT2D eigenvalue weighted by atomic mass is 35.5. The molecule has 1 aromatic heterocycles. The van der Waals surface area contributed by atoms with Gasteiger partial charge in [-0.15, -0.1) is 36.2 Å². The largest absolute Gasteiger partial charge is 0.339 e. The van der Waals surface area contributed by atoms with Crippen LogP contribution in [-0.2, 0) is 24.2 Å². The number of carbonyl (C=O) groups excluding carboxylic acids is 1. The number of aryl methyl sites for hydroxylation is 2. The molecular weight excluding hydrogens is 329 g/mol. The van der Waals surface area contributed by atoms with Crippen molar-refractivity contribution < 1.29 is 4.79 Å². The standard InChI is InChI=1S/C14H23N3OS.2ClH/c1-10(8-15-2)14(18)17(3)9-13-16-11-6-4-5-7-12(11)19-13;;/h10,15H,4-9H2,1-3H3;2*1H. The van der Waals surface area contributed by atoms with Crippen LogP contribution in [0.4, 0.5) is 0 Å². The van der Waals surface area contributed by atoms with Gasteiger partial charge < -0.3 is 10.2 Å². The Hall–Kier alpha value is -0.360. The van der Waals surface area contributed by atoms with Crippen molar-refractivity contribution in [2.24, 2.45) is 5.92 Å². The van der Waals surface area contributed by atoms with Crippen molar-refractivity contribution in [3.8, 4) is 0 Å². The molecule has 1 aliphatic rings. The Bertz CT molecular complexity index is 430. The van der Waals surface area contributed by atoms with Crippen molar-refractivity contribution in [3.05, 3.63) is 15.6 Å². The van der Waals surface area contributed by atoms with Crippen LogP contribution in [0.5, 0.6) is 0 Å². The van der Waals surface area contributed by atoms with E-state index < -0.39 is 0 Å². The van der Waals surface area contributed by atoms with Crippen molar-refractivity contribution in [1.29, 1.82) is 0 Å². The Balaban J connectivity index is 0.00000200. The molecule has 0 bridgehead atoms. The summed E-state index contributed by atoms with van der Waals surface area (Å²) < 4.78 is 0. The zero-order valence-corrected chi connectivity index (χ0v) is 15.3. The maximum Gasteiger partial charge on any atom is 0.226 e. The number of hydrogen-bond donors (Lipinski definition) is 1. The summed E-state index contributed by atoms with van der Waals surface area (Å²) in [6.07, 6.45) is 4.81. The van der Waals surface area contributed by atoms with Gasteiger partial charge in [0.25, 0.3) is 0 Å². The molecule has 1 heterocycles. The smallest absolute Gasteiger partial charge is 0.226 e. The molecule has 21 heavy (non-hydrogen) atoms.